The Morgan fingerprint density at radius 1 is 1.30 bits per heavy atom. The van der Waals surface area contributed by atoms with Crippen molar-refractivity contribution >= 4 is 17.2 Å². The zero-order valence-corrected chi connectivity index (χ0v) is 12.7. The van der Waals surface area contributed by atoms with E-state index >= 15 is 0 Å². The molecule has 1 heterocycles. The number of hydrogen-bond donors (Lipinski definition) is 1. The molecule has 0 saturated carbocycles. The summed E-state index contributed by atoms with van der Waals surface area (Å²) < 4.78 is 0. The van der Waals surface area contributed by atoms with Crippen LogP contribution in [0.25, 0.3) is 0 Å². The Balaban J connectivity index is 1.80. The average molecular weight is 288 g/mol. The third-order valence-electron chi connectivity index (χ3n) is 3.12. The topological polar surface area (TPSA) is 32.3 Å². The first-order valence-electron chi connectivity index (χ1n) is 6.69. The summed E-state index contributed by atoms with van der Waals surface area (Å²) in [5.41, 5.74) is 2.38. The van der Waals surface area contributed by atoms with Crippen LogP contribution in [0.2, 0.25) is 0 Å². The Labute approximate surface area is 124 Å². The number of nitrogens with one attached hydrogen (secondary N) is 1. The summed E-state index contributed by atoms with van der Waals surface area (Å²) in [7, 11) is 1.96. The van der Waals surface area contributed by atoms with Gasteiger partial charge >= 0.3 is 0 Å². The fourth-order valence-electron chi connectivity index (χ4n) is 2.11. The van der Waals surface area contributed by atoms with Gasteiger partial charge in [0.25, 0.3) is 0 Å². The number of benzene rings is 1. The standard InChI is InChI=1S/C16H20N2OS/c1-13(15-6-4-3-5-7-15)17-16(19)11-18(2)10-14-8-9-20-12-14/h3-9,12-13H,10-11H2,1-2H3,(H,17,19). The molecule has 0 saturated heterocycles. The highest BCUT2D eigenvalue weighted by molar-refractivity contribution is 7.07. The van der Waals surface area contributed by atoms with Gasteiger partial charge in [-0.25, -0.2) is 0 Å². The van der Waals surface area contributed by atoms with Gasteiger partial charge in [0.2, 0.25) is 5.91 Å². The molecule has 1 aromatic carbocycles. The van der Waals surface area contributed by atoms with Crippen molar-refractivity contribution in [2.75, 3.05) is 13.6 Å². The van der Waals surface area contributed by atoms with Crippen LogP contribution < -0.4 is 5.32 Å². The molecule has 106 valence electrons. The van der Waals surface area contributed by atoms with E-state index in [1.165, 1.54) is 5.56 Å². The first-order valence-corrected chi connectivity index (χ1v) is 7.63. The van der Waals surface area contributed by atoms with Crippen LogP contribution in [0.5, 0.6) is 0 Å². The number of amides is 1. The van der Waals surface area contributed by atoms with Crippen molar-refractivity contribution in [1.29, 1.82) is 0 Å². The summed E-state index contributed by atoms with van der Waals surface area (Å²) in [4.78, 5) is 14.0. The lowest BCUT2D eigenvalue weighted by Crippen LogP contribution is -2.36. The number of hydrogen-bond acceptors (Lipinski definition) is 3. The minimum absolute atomic E-state index is 0.0400. The third-order valence-corrected chi connectivity index (χ3v) is 3.86. The van der Waals surface area contributed by atoms with E-state index in [4.69, 9.17) is 0 Å². The van der Waals surface area contributed by atoms with Gasteiger partial charge in [0.15, 0.2) is 0 Å². The van der Waals surface area contributed by atoms with Crippen LogP contribution in [0, 0.1) is 0 Å². The molecule has 0 bridgehead atoms. The first-order chi connectivity index (χ1) is 9.65. The molecule has 1 N–H and O–H groups in total. The van der Waals surface area contributed by atoms with E-state index in [1.54, 1.807) is 11.3 Å². The fraction of sp³-hybridized carbons (Fsp3) is 0.312. The average Bonchev–Trinajstić information content (AvgIpc) is 2.92. The van der Waals surface area contributed by atoms with Crippen LogP contribution in [0.4, 0.5) is 0 Å². The molecule has 1 aromatic heterocycles. The minimum Gasteiger partial charge on any atom is -0.348 e. The molecule has 0 spiro atoms. The molecular formula is C16H20N2OS. The van der Waals surface area contributed by atoms with Gasteiger partial charge in [0.1, 0.15) is 0 Å². The van der Waals surface area contributed by atoms with Crippen LogP contribution in [0.15, 0.2) is 47.2 Å². The van der Waals surface area contributed by atoms with Crippen LogP contribution in [-0.4, -0.2) is 24.4 Å². The molecule has 1 unspecified atom stereocenters. The van der Waals surface area contributed by atoms with Crippen molar-refractivity contribution in [2.45, 2.75) is 19.5 Å². The van der Waals surface area contributed by atoms with E-state index < -0.39 is 0 Å². The molecule has 1 amide bonds. The number of carbonyl (C=O) groups excluding carboxylic acids is 1. The Morgan fingerprint density at radius 3 is 2.70 bits per heavy atom. The first kappa shape index (κ1) is 14.8. The molecular weight excluding hydrogens is 268 g/mol. The monoisotopic (exact) mass is 288 g/mol. The van der Waals surface area contributed by atoms with Crippen LogP contribution >= 0.6 is 11.3 Å². The Bertz CT molecular complexity index is 525. The van der Waals surface area contributed by atoms with Gasteiger partial charge in [-0.2, -0.15) is 11.3 Å². The Kier molecular flexibility index (Phi) is 5.32. The molecule has 4 heteroatoms. The number of carbonyl (C=O) groups is 1. The molecule has 20 heavy (non-hydrogen) atoms. The number of nitrogens with zero attached hydrogens (tertiary/aromatic N) is 1. The third kappa shape index (κ3) is 4.47. The predicted octanol–water partition coefficient (Wildman–Crippen LogP) is 3.06. The zero-order chi connectivity index (χ0) is 14.4. The maximum absolute atomic E-state index is 12.0. The summed E-state index contributed by atoms with van der Waals surface area (Å²) in [6, 6.07) is 12.1. The predicted molar refractivity (Wildman–Crippen MR) is 83.7 cm³/mol. The molecule has 0 fully saturated rings. The molecule has 0 aliphatic heterocycles. The molecule has 3 nitrogen and oxygen atoms in total. The van der Waals surface area contributed by atoms with Gasteiger partial charge < -0.3 is 5.32 Å². The van der Waals surface area contributed by atoms with Gasteiger partial charge in [0.05, 0.1) is 12.6 Å². The van der Waals surface area contributed by atoms with E-state index in [0.717, 1.165) is 12.1 Å². The minimum atomic E-state index is 0.0400. The van der Waals surface area contributed by atoms with Gasteiger partial charge in [-0.1, -0.05) is 30.3 Å². The van der Waals surface area contributed by atoms with E-state index in [1.807, 2.05) is 49.2 Å². The SMILES string of the molecule is CC(NC(=O)CN(C)Cc1ccsc1)c1ccccc1. The van der Waals surface area contributed by atoms with E-state index in [-0.39, 0.29) is 11.9 Å². The quantitative estimate of drug-likeness (QED) is 0.886. The number of likely N-dealkylation sites (N-methyl/N-ethyl adjacent to an activating group) is 1. The van der Waals surface area contributed by atoms with Crippen molar-refractivity contribution in [2.24, 2.45) is 0 Å². The summed E-state index contributed by atoms with van der Waals surface area (Å²) in [5, 5.41) is 7.20. The summed E-state index contributed by atoms with van der Waals surface area (Å²) in [6.07, 6.45) is 0. The second-order valence-electron chi connectivity index (χ2n) is 5.00. The summed E-state index contributed by atoms with van der Waals surface area (Å²) in [6.45, 7) is 3.22. The summed E-state index contributed by atoms with van der Waals surface area (Å²) >= 11 is 1.68. The van der Waals surface area contributed by atoms with Gasteiger partial charge in [-0.3, -0.25) is 9.69 Å². The molecule has 2 rings (SSSR count). The zero-order valence-electron chi connectivity index (χ0n) is 11.9. The lowest BCUT2D eigenvalue weighted by atomic mass is 10.1. The molecule has 0 aliphatic rings. The highest BCUT2D eigenvalue weighted by Crippen LogP contribution is 2.11. The number of rotatable bonds is 6. The van der Waals surface area contributed by atoms with Gasteiger partial charge in [-0.05, 0) is 41.9 Å². The maximum atomic E-state index is 12.0. The molecule has 0 radical (unpaired) electrons. The highest BCUT2D eigenvalue weighted by atomic mass is 32.1. The van der Waals surface area contributed by atoms with Crippen molar-refractivity contribution in [3.05, 3.63) is 58.3 Å². The molecule has 2 aromatic rings. The summed E-state index contributed by atoms with van der Waals surface area (Å²) in [5.74, 6) is 0.0547. The second-order valence-corrected chi connectivity index (χ2v) is 5.78. The van der Waals surface area contributed by atoms with E-state index in [2.05, 4.69) is 22.1 Å². The van der Waals surface area contributed by atoms with Crippen LogP contribution in [0.1, 0.15) is 24.1 Å². The Hall–Kier alpha value is -1.65. The van der Waals surface area contributed by atoms with Crippen molar-refractivity contribution in [3.63, 3.8) is 0 Å². The largest absolute Gasteiger partial charge is 0.348 e. The Morgan fingerprint density at radius 2 is 2.05 bits per heavy atom. The van der Waals surface area contributed by atoms with Crippen LogP contribution in [0.3, 0.4) is 0 Å². The molecule has 1 atom stereocenters. The second kappa shape index (κ2) is 7.22. The smallest absolute Gasteiger partial charge is 0.234 e. The van der Waals surface area contributed by atoms with E-state index in [0.29, 0.717) is 6.54 Å². The maximum Gasteiger partial charge on any atom is 0.234 e. The van der Waals surface area contributed by atoms with Crippen molar-refractivity contribution in [1.82, 2.24) is 10.2 Å². The lowest BCUT2D eigenvalue weighted by molar-refractivity contribution is -0.122. The van der Waals surface area contributed by atoms with Gasteiger partial charge in [0, 0.05) is 6.54 Å². The van der Waals surface area contributed by atoms with Crippen LogP contribution in [-0.2, 0) is 11.3 Å². The van der Waals surface area contributed by atoms with E-state index in [9.17, 15) is 4.79 Å². The normalized spacial score (nSPS) is 12.3. The van der Waals surface area contributed by atoms with Gasteiger partial charge in [-0.15, -0.1) is 0 Å². The van der Waals surface area contributed by atoms with Crippen molar-refractivity contribution in [3.8, 4) is 0 Å². The number of thiophene rings is 1. The van der Waals surface area contributed by atoms with Crippen molar-refractivity contribution < 1.29 is 4.79 Å². The fourth-order valence-corrected chi connectivity index (χ4v) is 2.77. The lowest BCUT2D eigenvalue weighted by Gasteiger charge is -2.18. The highest BCUT2D eigenvalue weighted by Gasteiger charge is 2.11. The molecule has 0 aliphatic carbocycles.